The van der Waals surface area contributed by atoms with Crippen molar-refractivity contribution in [2.45, 2.75) is 19.3 Å². The van der Waals surface area contributed by atoms with Gasteiger partial charge >= 0.3 is 0 Å². The summed E-state index contributed by atoms with van der Waals surface area (Å²) in [5.74, 6) is 2.61. The van der Waals surface area contributed by atoms with Gasteiger partial charge in [0.1, 0.15) is 11.5 Å². The van der Waals surface area contributed by atoms with Crippen LogP contribution in [0.1, 0.15) is 19.3 Å². The van der Waals surface area contributed by atoms with E-state index in [0.717, 1.165) is 24.0 Å². The Morgan fingerprint density at radius 3 is 2.29 bits per heavy atom. The molecular weight excluding hydrogens is 176 g/mol. The number of ether oxygens (including phenoxy) is 2. The van der Waals surface area contributed by atoms with Crippen molar-refractivity contribution in [3.05, 3.63) is 24.3 Å². The lowest BCUT2D eigenvalue weighted by molar-refractivity contribution is 0.180. The van der Waals surface area contributed by atoms with Gasteiger partial charge in [-0.1, -0.05) is 6.42 Å². The summed E-state index contributed by atoms with van der Waals surface area (Å²) in [5.41, 5.74) is 0. The van der Waals surface area contributed by atoms with Crippen LogP contribution in [0.25, 0.3) is 0 Å². The van der Waals surface area contributed by atoms with Crippen LogP contribution in [0.4, 0.5) is 0 Å². The van der Waals surface area contributed by atoms with E-state index in [1.54, 1.807) is 7.11 Å². The van der Waals surface area contributed by atoms with Gasteiger partial charge in [0.2, 0.25) is 0 Å². The van der Waals surface area contributed by atoms with Crippen molar-refractivity contribution in [2.24, 2.45) is 5.92 Å². The van der Waals surface area contributed by atoms with Crippen LogP contribution in [0.15, 0.2) is 24.3 Å². The summed E-state index contributed by atoms with van der Waals surface area (Å²) >= 11 is 0. The lowest BCUT2D eigenvalue weighted by atomic mass is 9.86. The van der Waals surface area contributed by atoms with Crippen molar-refractivity contribution >= 4 is 0 Å². The molecule has 0 saturated heterocycles. The Morgan fingerprint density at radius 1 is 1.14 bits per heavy atom. The highest BCUT2D eigenvalue weighted by Crippen LogP contribution is 2.27. The van der Waals surface area contributed by atoms with Gasteiger partial charge < -0.3 is 9.47 Å². The molecule has 0 amide bonds. The van der Waals surface area contributed by atoms with Gasteiger partial charge in [0.05, 0.1) is 13.7 Å². The quantitative estimate of drug-likeness (QED) is 0.730. The normalized spacial score (nSPS) is 16.1. The molecule has 0 unspecified atom stereocenters. The number of rotatable bonds is 4. The lowest BCUT2D eigenvalue weighted by Crippen LogP contribution is -2.19. The van der Waals surface area contributed by atoms with Gasteiger partial charge in [-0.05, 0) is 43.0 Å². The van der Waals surface area contributed by atoms with E-state index in [1.165, 1.54) is 19.3 Å². The van der Waals surface area contributed by atoms with Crippen molar-refractivity contribution in [3.8, 4) is 11.5 Å². The van der Waals surface area contributed by atoms with Gasteiger partial charge in [0, 0.05) is 0 Å². The maximum absolute atomic E-state index is 5.65. The highest BCUT2D eigenvalue weighted by molar-refractivity contribution is 5.31. The molecule has 2 rings (SSSR count). The first-order valence-electron chi connectivity index (χ1n) is 5.15. The first-order valence-corrected chi connectivity index (χ1v) is 5.15. The first kappa shape index (κ1) is 9.38. The molecule has 1 aromatic rings. The fourth-order valence-corrected chi connectivity index (χ4v) is 1.55. The third-order valence-corrected chi connectivity index (χ3v) is 2.77. The first-order chi connectivity index (χ1) is 6.88. The Morgan fingerprint density at radius 2 is 1.79 bits per heavy atom. The van der Waals surface area contributed by atoms with E-state index in [9.17, 15) is 0 Å². The van der Waals surface area contributed by atoms with Crippen LogP contribution in [0, 0.1) is 5.92 Å². The van der Waals surface area contributed by atoms with E-state index < -0.39 is 0 Å². The monoisotopic (exact) mass is 192 g/mol. The zero-order valence-corrected chi connectivity index (χ0v) is 8.53. The Labute approximate surface area is 84.8 Å². The van der Waals surface area contributed by atoms with Crippen LogP contribution in [0.2, 0.25) is 0 Å². The minimum absolute atomic E-state index is 0.789. The van der Waals surface area contributed by atoms with E-state index >= 15 is 0 Å². The molecule has 1 saturated carbocycles. The Hall–Kier alpha value is -1.18. The van der Waals surface area contributed by atoms with Crippen molar-refractivity contribution in [3.63, 3.8) is 0 Å². The second kappa shape index (κ2) is 4.36. The SMILES string of the molecule is COc1ccc(OCC2CCC2)cc1. The zero-order chi connectivity index (χ0) is 9.80. The molecule has 1 aliphatic rings. The van der Waals surface area contributed by atoms with Gasteiger partial charge in [0.15, 0.2) is 0 Å². The minimum Gasteiger partial charge on any atom is -0.497 e. The van der Waals surface area contributed by atoms with Crippen LogP contribution in [0.3, 0.4) is 0 Å². The zero-order valence-electron chi connectivity index (χ0n) is 8.53. The summed E-state index contributed by atoms with van der Waals surface area (Å²) in [6.45, 7) is 0.867. The molecule has 0 spiro atoms. The summed E-state index contributed by atoms with van der Waals surface area (Å²) < 4.78 is 10.7. The molecule has 0 radical (unpaired) electrons. The summed E-state index contributed by atoms with van der Waals surface area (Å²) in [7, 11) is 1.67. The van der Waals surface area contributed by atoms with E-state index in [-0.39, 0.29) is 0 Å². The highest BCUT2D eigenvalue weighted by Gasteiger charge is 2.17. The molecule has 0 heterocycles. The van der Waals surface area contributed by atoms with E-state index in [1.807, 2.05) is 24.3 Å². The number of hydrogen-bond donors (Lipinski definition) is 0. The molecule has 0 bridgehead atoms. The molecule has 0 aromatic heterocycles. The van der Waals surface area contributed by atoms with E-state index in [2.05, 4.69) is 0 Å². The van der Waals surface area contributed by atoms with Crippen LogP contribution in [-0.4, -0.2) is 13.7 Å². The Bertz CT molecular complexity index is 275. The van der Waals surface area contributed by atoms with Gasteiger partial charge in [-0.25, -0.2) is 0 Å². The maximum atomic E-state index is 5.65. The summed E-state index contributed by atoms with van der Waals surface area (Å²) in [4.78, 5) is 0. The second-order valence-electron chi connectivity index (χ2n) is 3.78. The molecule has 1 fully saturated rings. The molecule has 76 valence electrons. The number of hydrogen-bond acceptors (Lipinski definition) is 2. The Balaban J connectivity index is 1.83. The van der Waals surface area contributed by atoms with Crippen LogP contribution < -0.4 is 9.47 Å². The third-order valence-electron chi connectivity index (χ3n) is 2.77. The van der Waals surface area contributed by atoms with E-state index in [4.69, 9.17) is 9.47 Å². The van der Waals surface area contributed by atoms with Crippen LogP contribution in [-0.2, 0) is 0 Å². The predicted octanol–water partition coefficient (Wildman–Crippen LogP) is 2.87. The van der Waals surface area contributed by atoms with Crippen molar-refractivity contribution in [1.82, 2.24) is 0 Å². The van der Waals surface area contributed by atoms with Crippen molar-refractivity contribution in [2.75, 3.05) is 13.7 Å². The Kier molecular flexibility index (Phi) is 2.92. The van der Waals surface area contributed by atoms with Crippen LogP contribution in [0.5, 0.6) is 11.5 Å². The van der Waals surface area contributed by atoms with Crippen LogP contribution >= 0.6 is 0 Å². The second-order valence-corrected chi connectivity index (χ2v) is 3.78. The molecule has 0 aliphatic heterocycles. The summed E-state index contributed by atoms with van der Waals surface area (Å²) in [6.07, 6.45) is 4.03. The minimum atomic E-state index is 0.789. The molecule has 0 atom stereocenters. The standard InChI is InChI=1S/C12H16O2/c1-13-11-5-7-12(8-6-11)14-9-10-3-2-4-10/h5-8,10H,2-4,9H2,1H3. The lowest BCUT2D eigenvalue weighted by Gasteiger charge is -2.25. The fourth-order valence-electron chi connectivity index (χ4n) is 1.55. The maximum Gasteiger partial charge on any atom is 0.119 e. The summed E-state index contributed by atoms with van der Waals surface area (Å²) in [6, 6.07) is 7.77. The number of benzene rings is 1. The topological polar surface area (TPSA) is 18.5 Å². The molecule has 1 aliphatic carbocycles. The van der Waals surface area contributed by atoms with Gasteiger partial charge in [-0.15, -0.1) is 0 Å². The molecule has 1 aromatic carbocycles. The molecule has 0 N–H and O–H groups in total. The molecule has 2 nitrogen and oxygen atoms in total. The largest absolute Gasteiger partial charge is 0.497 e. The summed E-state index contributed by atoms with van der Waals surface area (Å²) in [5, 5.41) is 0. The van der Waals surface area contributed by atoms with E-state index in [0.29, 0.717) is 0 Å². The molecule has 14 heavy (non-hydrogen) atoms. The third kappa shape index (κ3) is 2.19. The number of methoxy groups -OCH3 is 1. The smallest absolute Gasteiger partial charge is 0.119 e. The highest BCUT2D eigenvalue weighted by atomic mass is 16.5. The van der Waals surface area contributed by atoms with Gasteiger partial charge in [-0.3, -0.25) is 0 Å². The average Bonchev–Trinajstić information content (AvgIpc) is 2.16. The predicted molar refractivity (Wildman–Crippen MR) is 55.8 cm³/mol. The fraction of sp³-hybridized carbons (Fsp3) is 0.500. The molecule has 2 heteroatoms. The average molecular weight is 192 g/mol. The van der Waals surface area contributed by atoms with Gasteiger partial charge in [-0.2, -0.15) is 0 Å². The van der Waals surface area contributed by atoms with Crippen molar-refractivity contribution in [1.29, 1.82) is 0 Å². The molecular formula is C12H16O2. The van der Waals surface area contributed by atoms with Gasteiger partial charge in [0.25, 0.3) is 0 Å². The van der Waals surface area contributed by atoms with Crippen molar-refractivity contribution < 1.29 is 9.47 Å².